The van der Waals surface area contributed by atoms with Crippen molar-refractivity contribution in [1.82, 2.24) is 5.32 Å². The number of aryl methyl sites for hydroxylation is 2. The lowest BCUT2D eigenvalue weighted by Crippen LogP contribution is -2.25. The molecule has 0 radical (unpaired) electrons. The number of rotatable bonds is 8. The number of amides is 1. The van der Waals surface area contributed by atoms with Gasteiger partial charge in [-0.1, -0.05) is 35.9 Å². The molecule has 2 aromatic rings. The van der Waals surface area contributed by atoms with Gasteiger partial charge in [0.15, 0.2) is 11.5 Å². The number of benzene rings is 2. The molecule has 25 heavy (non-hydrogen) atoms. The van der Waals surface area contributed by atoms with E-state index in [0.29, 0.717) is 19.4 Å². The van der Waals surface area contributed by atoms with Gasteiger partial charge in [-0.3, -0.25) is 4.79 Å². The van der Waals surface area contributed by atoms with Gasteiger partial charge in [-0.15, -0.1) is 0 Å². The van der Waals surface area contributed by atoms with E-state index in [0.717, 1.165) is 28.6 Å². The minimum absolute atomic E-state index is 0.0915. The zero-order valence-corrected chi connectivity index (χ0v) is 15.2. The summed E-state index contributed by atoms with van der Waals surface area (Å²) in [6.07, 6.45) is 1.20. The van der Waals surface area contributed by atoms with Crippen molar-refractivity contribution in [2.75, 3.05) is 19.1 Å². The lowest BCUT2D eigenvalue weighted by molar-refractivity contribution is -0.120. The highest BCUT2D eigenvalue weighted by molar-refractivity contribution is 7.98. The van der Waals surface area contributed by atoms with E-state index in [1.54, 1.807) is 0 Å². The number of hydrogen-bond acceptors (Lipinski definition) is 4. The van der Waals surface area contributed by atoms with E-state index < -0.39 is 0 Å². The first-order chi connectivity index (χ1) is 12.2. The van der Waals surface area contributed by atoms with Crippen LogP contribution in [0.4, 0.5) is 0 Å². The average molecular weight is 357 g/mol. The number of hydrogen-bond donors (Lipinski definition) is 1. The van der Waals surface area contributed by atoms with Crippen LogP contribution in [-0.2, 0) is 17.0 Å². The van der Waals surface area contributed by atoms with Crippen molar-refractivity contribution in [3.8, 4) is 11.5 Å². The molecule has 132 valence electrons. The van der Waals surface area contributed by atoms with Gasteiger partial charge in [0.2, 0.25) is 12.7 Å². The van der Waals surface area contributed by atoms with Crippen LogP contribution in [0.25, 0.3) is 0 Å². The third kappa shape index (κ3) is 5.43. The summed E-state index contributed by atoms with van der Waals surface area (Å²) >= 11 is 1.84. The molecule has 5 heteroatoms. The van der Waals surface area contributed by atoms with Gasteiger partial charge in [0.1, 0.15) is 0 Å². The standard InChI is InChI=1S/C20H23NO3S/c1-15-3-2-4-17(11-15)13-25-10-9-21-20(22)8-6-16-5-7-18-19(12-16)24-14-23-18/h2-5,7,11-12H,6,8-10,13-14H2,1H3,(H,21,22). The molecule has 0 spiro atoms. The van der Waals surface area contributed by atoms with Gasteiger partial charge < -0.3 is 14.8 Å². The van der Waals surface area contributed by atoms with E-state index >= 15 is 0 Å². The smallest absolute Gasteiger partial charge is 0.231 e. The molecule has 4 nitrogen and oxygen atoms in total. The number of carbonyl (C=O) groups excluding carboxylic acids is 1. The summed E-state index contributed by atoms with van der Waals surface area (Å²) in [7, 11) is 0. The van der Waals surface area contributed by atoms with E-state index in [2.05, 4.69) is 36.5 Å². The van der Waals surface area contributed by atoms with Crippen molar-refractivity contribution >= 4 is 17.7 Å². The fourth-order valence-electron chi connectivity index (χ4n) is 2.70. The summed E-state index contributed by atoms with van der Waals surface area (Å²) in [5.74, 6) is 3.54. The number of thioether (sulfide) groups is 1. The summed E-state index contributed by atoms with van der Waals surface area (Å²) < 4.78 is 10.6. The maximum Gasteiger partial charge on any atom is 0.231 e. The highest BCUT2D eigenvalue weighted by atomic mass is 32.2. The van der Waals surface area contributed by atoms with Crippen molar-refractivity contribution in [3.05, 3.63) is 59.2 Å². The molecule has 0 aromatic heterocycles. The maximum atomic E-state index is 12.0. The van der Waals surface area contributed by atoms with Crippen LogP contribution in [0.15, 0.2) is 42.5 Å². The molecule has 1 N–H and O–H groups in total. The molecule has 0 saturated heterocycles. The Balaban J connectivity index is 1.30. The SMILES string of the molecule is Cc1cccc(CSCCNC(=O)CCc2ccc3c(c2)OCO3)c1. The third-order valence-electron chi connectivity index (χ3n) is 4.00. The molecule has 0 aliphatic carbocycles. The Kier molecular flexibility index (Phi) is 6.23. The van der Waals surface area contributed by atoms with Crippen LogP contribution >= 0.6 is 11.8 Å². The molecule has 0 bridgehead atoms. The van der Waals surface area contributed by atoms with Crippen LogP contribution < -0.4 is 14.8 Å². The van der Waals surface area contributed by atoms with Gasteiger partial charge in [0, 0.05) is 24.5 Å². The van der Waals surface area contributed by atoms with Crippen molar-refractivity contribution in [2.24, 2.45) is 0 Å². The molecular formula is C20H23NO3S. The lowest BCUT2D eigenvalue weighted by Gasteiger charge is -2.06. The second kappa shape index (κ2) is 8.81. The van der Waals surface area contributed by atoms with Gasteiger partial charge in [-0.2, -0.15) is 11.8 Å². The first-order valence-electron chi connectivity index (χ1n) is 8.49. The summed E-state index contributed by atoms with van der Waals surface area (Å²) in [6, 6.07) is 14.4. The van der Waals surface area contributed by atoms with Crippen molar-refractivity contribution < 1.29 is 14.3 Å². The predicted octanol–water partition coefficient (Wildman–Crippen LogP) is 3.71. The van der Waals surface area contributed by atoms with Gasteiger partial charge in [-0.05, 0) is 36.6 Å². The average Bonchev–Trinajstić information content (AvgIpc) is 3.07. The highest BCUT2D eigenvalue weighted by Crippen LogP contribution is 2.32. The fraction of sp³-hybridized carbons (Fsp3) is 0.350. The van der Waals surface area contributed by atoms with E-state index in [1.807, 2.05) is 30.0 Å². The van der Waals surface area contributed by atoms with Crippen molar-refractivity contribution in [2.45, 2.75) is 25.5 Å². The minimum Gasteiger partial charge on any atom is -0.454 e. The number of ether oxygens (including phenoxy) is 2. The molecule has 0 saturated carbocycles. The summed E-state index contributed by atoms with van der Waals surface area (Å²) in [4.78, 5) is 12.0. The van der Waals surface area contributed by atoms with Gasteiger partial charge in [0.25, 0.3) is 0 Å². The molecule has 0 atom stereocenters. The lowest BCUT2D eigenvalue weighted by atomic mass is 10.1. The van der Waals surface area contributed by atoms with Crippen LogP contribution in [0.2, 0.25) is 0 Å². The number of nitrogens with one attached hydrogen (secondary N) is 1. The summed E-state index contributed by atoms with van der Waals surface area (Å²) in [6.45, 7) is 3.09. The molecule has 0 unspecified atom stereocenters. The van der Waals surface area contributed by atoms with Crippen molar-refractivity contribution in [3.63, 3.8) is 0 Å². The Morgan fingerprint density at radius 1 is 1.12 bits per heavy atom. The minimum atomic E-state index is 0.0915. The zero-order chi connectivity index (χ0) is 17.5. The Morgan fingerprint density at radius 2 is 2.00 bits per heavy atom. The summed E-state index contributed by atoms with van der Waals surface area (Å²) in [5, 5.41) is 2.99. The first kappa shape index (κ1) is 17.7. The van der Waals surface area contributed by atoms with E-state index in [4.69, 9.17) is 9.47 Å². The van der Waals surface area contributed by atoms with Crippen LogP contribution in [0.3, 0.4) is 0 Å². The van der Waals surface area contributed by atoms with E-state index in [-0.39, 0.29) is 12.7 Å². The Morgan fingerprint density at radius 3 is 2.88 bits per heavy atom. The Bertz CT molecular complexity index is 733. The quantitative estimate of drug-likeness (QED) is 0.732. The first-order valence-corrected chi connectivity index (χ1v) is 9.65. The van der Waals surface area contributed by atoms with Crippen LogP contribution in [-0.4, -0.2) is 25.0 Å². The Labute approximate surface area is 152 Å². The number of fused-ring (bicyclic) bond motifs is 1. The predicted molar refractivity (Wildman–Crippen MR) is 101 cm³/mol. The second-order valence-electron chi connectivity index (χ2n) is 6.08. The largest absolute Gasteiger partial charge is 0.454 e. The topological polar surface area (TPSA) is 47.6 Å². The van der Waals surface area contributed by atoms with E-state index in [9.17, 15) is 4.79 Å². The van der Waals surface area contributed by atoms with Gasteiger partial charge in [0.05, 0.1) is 0 Å². The van der Waals surface area contributed by atoms with Crippen LogP contribution in [0.1, 0.15) is 23.1 Å². The van der Waals surface area contributed by atoms with E-state index in [1.165, 1.54) is 11.1 Å². The van der Waals surface area contributed by atoms with Crippen LogP contribution in [0, 0.1) is 6.92 Å². The molecule has 1 amide bonds. The zero-order valence-electron chi connectivity index (χ0n) is 14.4. The summed E-state index contributed by atoms with van der Waals surface area (Å²) in [5.41, 5.74) is 3.71. The molecule has 3 rings (SSSR count). The normalized spacial score (nSPS) is 12.2. The molecule has 2 aromatic carbocycles. The second-order valence-corrected chi connectivity index (χ2v) is 7.18. The maximum absolute atomic E-state index is 12.0. The fourth-order valence-corrected chi connectivity index (χ4v) is 3.50. The number of carbonyl (C=O) groups is 1. The molecular weight excluding hydrogens is 334 g/mol. The highest BCUT2D eigenvalue weighted by Gasteiger charge is 2.13. The monoisotopic (exact) mass is 357 g/mol. The molecule has 0 fully saturated rings. The third-order valence-corrected chi connectivity index (χ3v) is 5.03. The molecule has 1 aliphatic heterocycles. The van der Waals surface area contributed by atoms with Gasteiger partial charge in [-0.25, -0.2) is 0 Å². The van der Waals surface area contributed by atoms with Crippen molar-refractivity contribution in [1.29, 1.82) is 0 Å². The Hall–Kier alpha value is -2.14. The molecule has 1 heterocycles. The molecule has 1 aliphatic rings. The van der Waals surface area contributed by atoms with Crippen LogP contribution in [0.5, 0.6) is 11.5 Å². The van der Waals surface area contributed by atoms with Gasteiger partial charge >= 0.3 is 0 Å².